The Bertz CT molecular complexity index is 788. The molecule has 0 saturated carbocycles. The van der Waals surface area contributed by atoms with Gasteiger partial charge >= 0.3 is 5.97 Å². The maximum absolute atomic E-state index is 12.1. The number of aryl methyl sites for hydroxylation is 1. The minimum absolute atomic E-state index is 0.216. The highest BCUT2D eigenvalue weighted by Gasteiger charge is 2.30. The van der Waals surface area contributed by atoms with E-state index in [-0.39, 0.29) is 11.1 Å². The van der Waals surface area contributed by atoms with Gasteiger partial charge in [0, 0.05) is 31.1 Å². The Hall–Kier alpha value is -2.90. The molecular formula is C14H16N4O4. The zero-order valence-corrected chi connectivity index (χ0v) is 12.4. The summed E-state index contributed by atoms with van der Waals surface area (Å²) in [6.45, 7) is 2.99. The molecule has 0 unspecified atom stereocenters. The quantitative estimate of drug-likeness (QED) is 0.862. The van der Waals surface area contributed by atoms with Crippen LogP contribution in [0, 0.1) is 0 Å². The molecule has 0 fully saturated rings. The predicted molar refractivity (Wildman–Crippen MR) is 78.8 cm³/mol. The van der Waals surface area contributed by atoms with Crippen LogP contribution in [0.2, 0.25) is 0 Å². The van der Waals surface area contributed by atoms with Gasteiger partial charge in [0.15, 0.2) is 5.54 Å². The molecule has 8 nitrogen and oxygen atoms in total. The summed E-state index contributed by atoms with van der Waals surface area (Å²) in [5.74, 6) is -1.51. The van der Waals surface area contributed by atoms with E-state index < -0.39 is 17.4 Å². The van der Waals surface area contributed by atoms with Crippen molar-refractivity contribution in [2.24, 2.45) is 7.05 Å². The predicted octanol–water partition coefficient (Wildman–Crippen LogP) is 0.654. The second-order valence-corrected chi connectivity index (χ2v) is 5.36. The number of amides is 1. The molecule has 0 spiro atoms. The van der Waals surface area contributed by atoms with Gasteiger partial charge in [-0.25, -0.2) is 4.79 Å². The first-order valence-corrected chi connectivity index (χ1v) is 6.48. The number of anilines is 1. The highest BCUT2D eigenvalue weighted by Crippen LogP contribution is 2.17. The fourth-order valence-electron chi connectivity index (χ4n) is 1.68. The van der Waals surface area contributed by atoms with Crippen LogP contribution in [0.25, 0.3) is 0 Å². The number of pyridine rings is 1. The first-order chi connectivity index (χ1) is 10.2. The fourth-order valence-corrected chi connectivity index (χ4v) is 1.68. The third-order valence-electron chi connectivity index (χ3n) is 3.30. The number of hydrogen-bond acceptors (Lipinski definition) is 4. The van der Waals surface area contributed by atoms with Gasteiger partial charge in [-0.15, -0.1) is 0 Å². The highest BCUT2D eigenvalue weighted by molar-refractivity contribution is 6.04. The molecule has 0 aromatic carbocycles. The van der Waals surface area contributed by atoms with Gasteiger partial charge in [0.05, 0.1) is 11.9 Å². The number of hydrogen-bond donors (Lipinski definition) is 2. The number of nitrogens with zero attached hydrogens (tertiary/aromatic N) is 3. The molecule has 0 saturated heterocycles. The lowest BCUT2D eigenvalue weighted by Gasteiger charge is -2.19. The molecule has 2 rings (SSSR count). The van der Waals surface area contributed by atoms with Crippen LogP contribution in [0.15, 0.2) is 35.5 Å². The van der Waals surface area contributed by atoms with Crippen molar-refractivity contribution in [2.75, 3.05) is 5.32 Å². The maximum atomic E-state index is 12.1. The lowest BCUT2D eigenvalue weighted by atomic mass is 10.1. The Kier molecular flexibility index (Phi) is 3.85. The summed E-state index contributed by atoms with van der Waals surface area (Å²) < 4.78 is 2.60. The van der Waals surface area contributed by atoms with Crippen LogP contribution in [-0.4, -0.2) is 31.3 Å². The number of carbonyl (C=O) groups is 2. The van der Waals surface area contributed by atoms with Crippen molar-refractivity contribution in [1.82, 2.24) is 14.3 Å². The fraction of sp³-hybridized carbons (Fsp3) is 0.286. The van der Waals surface area contributed by atoms with Crippen LogP contribution in [0.4, 0.5) is 5.69 Å². The van der Waals surface area contributed by atoms with Crippen molar-refractivity contribution in [1.29, 1.82) is 0 Å². The van der Waals surface area contributed by atoms with Crippen molar-refractivity contribution in [3.05, 3.63) is 46.6 Å². The Labute approximate surface area is 126 Å². The van der Waals surface area contributed by atoms with E-state index in [2.05, 4.69) is 10.4 Å². The Morgan fingerprint density at radius 3 is 2.64 bits per heavy atom. The minimum Gasteiger partial charge on any atom is -0.479 e. The number of rotatable bonds is 4. The Morgan fingerprint density at radius 2 is 2.05 bits per heavy atom. The molecule has 116 valence electrons. The topological polar surface area (TPSA) is 106 Å². The average molecular weight is 304 g/mol. The van der Waals surface area contributed by atoms with Crippen LogP contribution in [0.1, 0.15) is 24.2 Å². The number of aromatic nitrogens is 3. The van der Waals surface area contributed by atoms with Gasteiger partial charge in [0.25, 0.3) is 11.5 Å². The number of carboxylic acids is 1. The monoisotopic (exact) mass is 304 g/mol. The van der Waals surface area contributed by atoms with Gasteiger partial charge in [0.1, 0.15) is 0 Å². The molecule has 2 aromatic heterocycles. The summed E-state index contributed by atoms with van der Waals surface area (Å²) in [5.41, 5.74) is -0.963. The van der Waals surface area contributed by atoms with E-state index in [0.29, 0.717) is 5.69 Å². The Morgan fingerprint density at radius 1 is 1.36 bits per heavy atom. The number of carboxylic acid groups (broad SMARTS) is 1. The van der Waals surface area contributed by atoms with Gasteiger partial charge in [0.2, 0.25) is 0 Å². The lowest BCUT2D eigenvalue weighted by Crippen LogP contribution is -2.35. The summed E-state index contributed by atoms with van der Waals surface area (Å²) in [6, 6.07) is 2.74. The first kappa shape index (κ1) is 15.5. The van der Waals surface area contributed by atoms with E-state index in [1.54, 1.807) is 7.05 Å². The third-order valence-corrected chi connectivity index (χ3v) is 3.30. The second kappa shape index (κ2) is 5.47. The maximum Gasteiger partial charge on any atom is 0.331 e. The van der Waals surface area contributed by atoms with E-state index >= 15 is 0 Å². The van der Waals surface area contributed by atoms with Crippen molar-refractivity contribution < 1.29 is 14.7 Å². The summed E-state index contributed by atoms with van der Waals surface area (Å²) in [7, 11) is 1.59. The van der Waals surface area contributed by atoms with Gasteiger partial charge in [-0.05, 0) is 19.9 Å². The standard InChI is InChI=1S/C14H16N4O4/c1-14(2,13(21)22)18-8-10(7-15-18)16-12(20)9-4-5-17(3)11(19)6-9/h4-8H,1-3H3,(H,16,20)(H,21,22). The molecule has 0 radical (unpaired) electrons. The van der Waals surface area contributed by atoms with Gasteiger partial charge in [-0.3, -0.25) is 14.3 Å². The van der Waals surface area contributed by atoms with E-state index in [1.807, 2.05) is 0 Å². The van der Waals surface area contributed by atoms with Gasteiger partial charge < -0.3 is 15.0 Å². The Balaban J connectivity index is 2.19. The van der Waals surface area contributed by atoms with E-state index in [4.69, 9.17) is 5.11 Å². The SMILES string of the molecule is Cn1ccc(C(=O)Nc2cnn(C(C)(C)C(=O)O)c2)cc1=O. The second-order valence-electron chi connectivity index (χ2n) is 5.36. The molecule has 2 aromatic rings. The van der Waals surface area contributed by atoms with Crippen molar-refractivity contribution >= 4 is 17.6 Å². The number of aliphatic carboxylic acids is 1. The minimum atomic E-state index is -1.23. The van der Waals surface area contributed by atoms with E-state index in [1.165, 1.54) is 53.8 Å². The van der Waals surface area contributed by atoms with Crippen LogP contribution in [0.3, 0.4) is 0 Å². The summed E-state index contributed by atoms with van der Waals surface area (Å²) in [6.07, 6.45) is 4.27. The molecule has 2 N–H and O–H groups in total. The molecule has 22 heavy (non-hydrogen) atoms. The van der Waals surface area contributed by atoms with Crippen LogP contribution >= 0.6 is 0 Å². The van der Waals surface area contributed by atoms with Crippen molar-refractivity contribution in [2.45, 2.75) is 19.4 Å². The van der Waals surface area contributed by atoms with Crippen LogP contribution in [-0.2, 0) is 17.4 Å². The molecule has 0 aliphatic carbocycles. The number of nitrogens with one attached hydrogen (secondary N) is 1. The normalized spacial score (nSPS) is 11.2. The molecule has 0 bridgehead atoms. The molecular weight excluding hydrogens is 288 g/mol. The van der Waals surface area contributed by atoms with Crippen molar-refractivity contribution in [3.63, 3.8) is 0 Å². The molecule has 0 aliphatic rings. The largest absolute Gasteiger partial charge is 0.479 e. The van der Waals surface area contributed by atoms with E-state index in [9.17, 15) is 14.4 Å². The van der Waals surface area contributed by atoms with Gasteiger partial charge in [-0.1, -0.05) is 0 Å². The molecule has 0 aliphatic heterocycles. The summed E-state index contributed by atoms with van der Waals surface area (Å²) >= 11 is 0. The zero-order chi connectivity index (χ0) is 16.5. The first-order valence-electron chi connectivity index (χ1n) is 6.48. The smallest absolute Gasteiger partial charge is 0.331 e. The van der Waals surface area contributed by atoms with Crippen LogP contribution in [0.5, 0.6) is 0 Å². The summed E-state index contributed by atoms with van der Waals surface area (Å²) in [4.78, 5) is 34.7. The lowest BCUT2D eigenvalue weighted by molar-refractivity contribution is -0.146. The average Bonchev–Trinajstić information content (AvgIpc) is 2.90. The number of carbonyl (C=O) groups excluding carboxylic acids is 1. The highest BCUT2D eigenvalue weighted by atomic mass is 16.4. The molecule has 1 amide bonds. The molecule has 2 heterocycles. The zero-order valence-electron chi connectivity index (χ0n) is 12.4. The van der Waals surface area contributed by atoms with Gasteiger partial charge in [-0.2, -0.15) is 5.10 Å². The van der Waals surface area contributed by atoms with Crippen molar-refractivity contribution in [3.8, 4) is 0 Å². The molecule has 0 atom stereocenters. The van der Waals surface area contributed by atoms with Crippen LogP contribution < -0.4 is 10.9 Å². The van der Waals surface area contributed by atoms with E-state index in [0.717, 1.165) is 0 Å². The third kappa shape index (κ3) is 2.90. The summed E-state index contributed by atoms with van der Waals surface area (Å²) in [5, 5.41) is 15.7. The molecule has 8 heteroatoms.